The van der Waals surface area contributed by atoms with E-state index in [-0.39, 0.29) is 5.41 Å². The Kier molecular flexibility index (Phi) is 2.37. The van der Waals surface area contributed by atoms with Crippen LogP contribution in [0.4, 0.5) is 5.69 Å². The molecule has 23 heavy (non-hydrogen) atoms. The van der Waals surface area contributed by atoms with Gasteiger partial charge in [0.05, 0.1) is 0 Å². The molecule has 3 aromatic carbocycles. The Morgan fingerprint density at radius 2 is 1.57 bits per heavy atom. The monoisotopic (exact) mass is 315 g/mol. The van der Waals surface area contributed by atoms with Crippen molar-refractivity contribution in [3.8, 4) is 11.1 Å². The lowest BCUT2D eigenvalue weighted by Crippen LogP contribution is -2.15. The third-order valence-corrected chi connectivity index (χ3v) is 6.33. The van der Waals surface area contributed by atoms with Crippen LogP contribution in [0.25, 0.3) is 31.3 Å². The molecule has 5 rings (SSSR count). The van der Waals surface area contributed by atoms with Crippen LogP contribution in [0.2, 0.25) is 0 Å². The van der Waals surface area contributed by atoms with E-state index in [1.54, 1.807) is 0 Å². The maximum Gasteiger partial charge on any atom is 0.0361 e. The second kappa shape index (κ2) is 4.15. The summed E-state index contributed by atoms with van der Waals surface area (Å²) < 4.78 is 2.73. The summed E-state index contributed by atoms with van der Waals surface area (Å²) in [5.74, 6) is 0. The zero-order valence-electron chi connectivity index (χ0n) is 13.2. The fourth-order valence-corrected chi connectivity index (χ4v) is 5.10. The molecule has 1 heterocycles. The van der Waals surface area contributed by atoms with Gasteiger partial charge in [0.25, 0.3) is 0 Å². The molecular weight excluding hydrogens is 298 g/mol. The molecule has 112 valence electrons. The van der Waals surface area contributed by atoms with Crippen LogP contribution in [0.5, 0.6) is 0 Å². The van der Waals surface area contributed by atoms with Crippen molar-refractivity contribution in [1.82, 2.24) is 0 Å². The smallest absolute Gasteiger partial charge is 0.0361 e. The summed E-state index contributed by atoms with van der Waals surface area (Å²) >= 11 is 1.88. The van der Waals surface area contributed by atoms with E-state index in [4.69, 9.17) is 5.73 Å². The van der Waals surface area contributed by atoms with Gasteiger partial charge in [0.15, 0.2) is 0 Å². The molecule has 0 aliphatic heterocycles. The largest absolute Gasteiger partial charge is 0.399 e. The first-order chi connectivity index (χ1) is 11.1. The number of rotatable bonds is 0. The fourth-order valence-electron chi connectivity index (χ4n) is 3.97. The summed E-state index contributed by atoms with van der Waals surface area (Å²) in [7, 11) is 0. The number of anilines is 1. The highest BCUT2D eigenvalue weighted by Gasteiger charge is 2.36. The van der Waals surface area contributed by atoms with Crippen LogP contribution < -0.4 is 5.73 Å². The lowest BCUT2D eigenvalue weighted by Gasteiger charge is -2.21. The van der Waals surface area contributed by atoms with E-state index in [2.05, 4.69) is 62.4 Å². The van der Waals surface area contributed by atoms with Crippen molar-refractivity contribution in [1.29, 1.82) is 0 Å². The highest BCUT2D eigenvalue weighted by Crippen LogP contribution is 2.51. The summed E-state index contributed by atoms with van der Waals surface area (Å²) in [6.07, 6.45) is 0. The minimum absolute atomic E-state index is 0.00270. The minimum Gasteiger partial charge on any atom is -0.399 e. The first-order valence-corrected chi connectivity index (χ1v) is 8.73. The van der Waals surface area contributed by atoms with Crippen molar-refractivity contribution in [3.63, 3.8) is 0 Å². The van der Waals surface area contributed by atoms with Crippen LogP contribution in [-0.2, 0) is 5.41 Å². The molecule has 4 aromatic rings. The predicted octanol–water partition coefficient (Wildman–Crippen LogP) is 5.94. The van der Waals surface area contributed by atoms with Crippen LogP contribution in [0.15, 0.2) is 54.6 Å². The fraction of sp³-hybridized carbons (Fsp3) is 0.143. The Balaban J connectivity index is 1.92. The van der Waals surface area contributed by atoms with Gasteiger partial charge in [-0.25, -0.2) is 0 Å². The SMILES string of the molecule is CC1(C)c2cc(N)ccc2-c2cc3sc4ccccc4c3cc21. The first-order valence-electron chi connectivity index (χ1n) is 7.92. The van der Waals surface area contributed by atoms with Crippen molar-refractivity contribution >= 4 is 37.2 Å². The zero-order valence-corrected chi connectivity index (χ0v) is 14.0. The molecule has 1 nitrogen and oxygen atoms in total. The Morgan fingerprint density at radius 1 is 0.783 bits per heavy atom. The van der Waals surface area contributed by atoms with Gasteiger partial charge in [0.1, 0.15) is 0 Å². The maximum absolute atomic E-state index is 6.04. The van der Waals surface area contributed by atoms with Crippen molar-refractivity contribution in [3.05, 3.63) is 65.7 Å². The summed E-state index contributed by atoms with van der Waals surface area (Å²) in [5.41, 5.74) is 12.3. The molecule has 0 unspecified atom stereocenters. The Labute approximate surface area is 139 Å². The summed E-state index contributed by atoms with van der Waals surface area (Å²) in [6.45, 7) is 4.61. The first kappa shape index (κ1) is 13.1. The van der Waals surface area contributed by atoms with Gasteiger partial charge in [-0.2, -0.15) is 0 Å². The molecule has 2 heteroatoms. The molecule has 0 amide bonds. The van der Waals surface area contributed by atoms with Gasteiger partial charge < -0.3 is 5.73 Å². The number of benzene rings is 3. The van der Waals surface area contributed by atoms with Crippen molar-refractivity contribution in [2.45, 2.75) is 19.3 Å². The van der Waals surface area contributed by atoms with E-state index >= 15 is 0 Å². The number of hydrogen-bond acceptors (Lipinski definition) is 2. The highest BCUT2D eigenvalue weighted by molar-refractivity contribution is 7.25. The molecule has 0 saturated carbocycles. The van der Waals surface area contributed by atoms with Crippen LogP contribution in [-0.4, -0.2) is 0 Å². The van der Waals surface area contributed by atoms with Gasteiger partial charge in [0, 0.05) is 31.3 Å². The van der Waals surface area contributed by atoms with Gasteiger partial charge in [-0.3, -0.25) is 0 Å². The van der Waals surface area contributed by atoms with Gasteiger partial charge >= 0.3 is 0 Å². The molecule has 0 spiro atoms. The number of nitrogens with two attached hydrogens (primary N) is 1. The highest BCUT2D eigenvalue weighted by atomic mass is 32.1. The Bertz CT molecular complexity index is 1100. The molecule has 0 bridgehead atoms. The summed E-state index contributed by atoms with van der Waals surface area (Å²) in [4.78, 5) is 0. The van der Waals surface area contributed by atoms with Gasteiger partial charge in [-0.1, -0.05) is 38.1 Å². The van der Waals surface area contributed by atoms with Crippen LogP contribution in [0.1, 0.15) is 25.0 Å². The quantitative estimate of drug-likeness (QED) is 0.399. The molecule has 0 atom stereocenters. The molecule has 1 aliphatic rings. The third kappa shape index (κ3) is 1.62. The van der Waals surface area contributed by atoms with Gasteiger partial charge in [-0.05, 0) is 52.6 Å². The van der Waals surface area contributed by atoms with E-state index in [1.807, 2.05) is 17.4 Å². The van der Waals surface area contributed by atoms with E-state index < -0.39 is 0 Å². The van der Waals surface area contributed by atoms with E-state index in [9.17, 15) is 0 Å². The van der Waals surface area contributed by atoms with Crippen LogP contribution in [0.3, 0.4) is 0 Å². The van der Waals surface area contributed by atoms with Gasteiger partial charge in [-0.15, -0.1) is 11.3 Å². The minimum atomic E-state index is -0.00270. The molecule has 0 radical (unpaired) electrons. The topological polar surface area (TPSA) is 26.0 Å². The van der Waals surface area contributed by atoms with Crippen LogP contribution in [0, 0.1) is 0 Å². The molecule has 2 N–H and O–H groups in total. The number of nitrogen functional groups attached to an aromatic ring is 1. The van der Waals surface area contributed by atoms with Crippen molar-refractivity contribution in [2.24, 2.45) is 0 Å². The summed E-state index contributed by atoms with van der Waals surface area (Å²) in [5, 5.41) is 2.74. The number of hydrogen-bond donors (Lipinski definition) is 1. The molecule has 0 saturated heterocycles. The molecule has 1 aromatic heterocycles. The number of thiophene rings is 1. The molecule has 0 fully saturated rings. The van der Waals surface area contributed by atoms with Crippen molar-refractivity contribution in [2.75, 3.05) is 5.73 Å². The molecule has 1 aliphatic carbocycles. The van der Waals surface area contributed by atoms with Crippen molar-refractivity contribution < 1.29 is 0 Å². The summed E-state index contributed by atoms with van der Waals surface area (Å²) in [6, 6.07) is 19.8. The average Bonchev–Trinajstić information content (AvgIpc) is 3.00. The predicted molar refractivity (Wildman–Crippen MR) is 101 cm³/mol. The van der Waals surface area contributed by atoms with Crippen LogP contribution >= 0.6 is 11.3 Å². The standard InChI is InChI=1S/C21H17NS/c1-21(2)17-9-12(22)7-8-13(17)15-11-20-16(10-18(15)21)14-5-3-4-6-19(14)23-20/h3-11H,22H2,1-2H3. The molecular formula is C21H17NS. The van der Waals surface area contributed by atoms with E-state index in [0.717, 1.165) is 5.69 Å². The van der Waals surface area contributed by atoms with E-state index in [1.165, 1.54) is 42.4 Å². The number of fused-ring (bicyclic) bond motifs is 6. The average molecular weight is 315 g/mol. The second-order valence-corrected chi connectivity index (χ2v) is 8.01. The zero-order chi connectivity index (χ0) is 15.8. The lowest BCUT2D eigenvalue weighted by atomic mass is 9.82. The second-order valence-electron chi connectivity index (χ2n) is 6.92. The van der Waals surface area contributed by atoms with E-state index in [0.29, 0.717) is 0 Å². The maximum atomic E-state index is 6.04. The third-order valence-electron chi connectivity index (χ3n) is 5.20. The lowest BCUT2D eigenvalue weighted by molar-refractivity contribution is 0.661. The normalized spacial score (nSPS) is 15.0. The Morgan fingerprint density at radius 3 is 2.43 bits per heavy atom. The Hall–Kier alpha value is -2.32. The van der Waals surface area contributed by atoms with Gasteiger partial charge in [0.2, 0.25) is 0 Å².